The Bertz CT molecular complexity index is 552. The van der Waals surface area contributed by atoms with Crippen LogP contribution in [0.4, 0.5) is 0 Å². The number of hydrogen-bond acceptors (Lipinski definition) is 5. The van der Waals surface area contributed by atoms with Gasteiger partial charge in [-0.2, -0.15) is 0 Å². The van der Waals surface area contributed by atoms with Crippen molar-refractivity contribution in [2.75, 3.05) is 6.26 Å². The standard InChI is InChI=1S/C13H20N2O4S/c1-9(2)19-12-6-5-11(7-14-12)8-15-13(16)10(3)20(4,17)18/h5-7,9-10H,8H2,1-4H3,(H,15,16). The highest BCUT2D eigenvalue weighted by atomic mass is 32.2. The zero-order valence-corrected chi connectivity index (χ0v) is 12.9. The molecule has 0 fully saturated rings. The molecule has 7 heteroatoms. The van der Waals surface area contributed by atoms with E-state index in [0.29, 0.717) is 5.88 Å². The normalized spacial score (nSPS) is 13.1. The number of carbonyl (C=O) groups is 1. The lowest BCUT2D eigenvalue weighted by molar-refractivity contribution is -0.120. The van der Waals surface area contributed by atoms with Crippen molar-refractivity contribution in [1.29, 1.82) is 0 Å². The summed E-state index contributed by atoms with van der Waals surface area (Å²) in [5, 5.41) is 1.51. The molecular formula is C13H20N2O4S. The SMILES string of the molecule is CC(C)Oc1ccc(CNC(=O)C(C)S(C)(=O)=O)cn1. The van der Waals surface area contributed by atoms with Gasteiger partial charge in [-0.15, -0.1) is 0 Å². The maximum absolute atomic E-state index is 11.6. The summed E-state index contributed by atoms with van der Waals surface area (Å²) < 4.78 is 27.9. The number of nitrogens with zero attached hydrogens (tertiary/aromatic N) is 1. The van der Waals surface area contributed by atoms with Gasteiger partial charge < -0.3 is 10.1 Å². The molecule has 20 heavy (non-hydrogen) atoms. The Labute approximate surface area is 119 Å². The molecule has 0 aliphatic heterocycles. The van der Waals surface area contributed by atoms with Crippen molar-refractivity contribution in [2.24, 2.45) is 0 Å². The van der Waals surface area contributed by atoms with Crippen LogP contribution in [-0.2, 0) is 21.2 Å². The zero-order chi connectivity index (χ0) is 15.3. The van der Waals surface area contributed by atoms with Gasteiger partial charge in [0, 0.05) is 25.1 Å². The number of ether oxygens (including phenoxy) is 1. The van der Waals surface area contributed by atoms with E-state index in [0.717, 1.165) is 11.8 Å². The van der Waals surface area contributed by atoms with Crippen molar-refractivity contribution in [3.05, 3.63) is 23.9 Å². The molecule has 1 rings (SSSR count). The second-order valence-electron chi connectivity index (χ2n) is 4.86. The van der Waals surface area contributed by atoms with Crippen LogP contribution in [0.3, 0.4) is 0 Å². The minimum atomic E-state index is -3.37. The van der Waals surface area contributed by atoms with Gasteiger partial charge in [-0.1, -0.05) is 6.07 Å². The first kappa shape index (κ1) is 16.4. The molecule has 1 heterocycles. The zero-order valence-electron chi connectivity index (χ0n) is 12.1. The quantitative estimate of drug-likeness (QED) is 0.844. The number of amides is 1. The highest BCUT2D eigenvalue weighted by Gasteiger charge is 2.22. The molecule has 1 unspecified atom stereocenters. The topological polar surface area (TPSA) is 85.4 Å². The molecule has 1 amide bonds. The molecule has 0 saturated heterocycles. The van der Waals surface area contributed by atoms with Gasteiger partial charge >= 0.3 is 0 Å². The Hall–Kier alpha value is -1.63. The molecule has 0 saturated carbocycles. The fourth-order valence-electron chi connectivity index (χ4n) is 1.35. The smallest absolute Gasteiger partial charge is 0.238 e. The summed E-state index contributed by atoms with van der Waals surface area (Å²) in [6.45, 7) is 5.40. The third-order valence-electron chi connectivity index (χ3n) is 2.63. The number of rotatable bonds is 6. The van der Waals surface area contributed by atoms with Gasteiger partial charge in [-0.05, 0) is 26.3 Å². The van der Waals surface area contributed by atoms with E-state index in [1.807, 2.05) is 13.8 Å². The van der Waals surface area contributed by atoms with Gasteiger partial charge in [0.25, 0.3) is 0 Å². The lowest BCUT2D eigenvalue weighted by Gasteiger charge is -2.11. The number of sulfone groups is 1. The van der Waals surface area contributed by atoms with E-state index >= 15 is 0 Å². The van der Waals surface area contributed by atoms with Crippen LogP contribution in [0.2, 0.25) is 0 Å². The van der Waals surface area contributed by atoms with Crippen molar-refractivity contribution < 1.29 is 17.9 Å². The van der Waals surface area contributed by atoms with Gasteiger partial charge in [-0.25, -0.2) is 13.4 Å². The van der Waals surface area contributed by atoms with E-state index in [9.17, 15) is 13.2 Å². The predicted octanol–water partition coefficient (Wildman–Crippen LogP) is 0.918. The Kier molecular flexibility index (Phi) is 5.50. The Morgan fingerprint density at radius 3 is 2.45 bits per heavy atom. The molecular weight excluding hydrogens is 280 g/mol. The van der Waals surface area contributed by atoms with Crippen molar-refractivity contribution in [2.45, 2.75) is 38.7 Å². The number of aromatic nitrogens is 1. The van der Waals surface area contributed by atoms with E-state index in [-0.39, 0.29) is 12.6 Å². The maximum Gasteiger partial charge on any atom is 0.238 e. The molecule has 1 aromatic heterocycles. The minimum Gasteiger partial charge on any atom is -0.475 e. The first-order valence-corrected chi connectivity index (χ1v) is 8.23. The molecule has 0 spiro atoms. The maximum atomic E-state index is 11.6. The molecule has 1 atom stereocenters. The van der Waals surface area contributed by atoms with E-state index < -0.39 is 21.0 Å². The summed E-state index contributed by atoms with van der Waals surface area (Å²) in [4.78, 5) is 15.7. The molecule has 0 aliphatic rings. The third-order valence-corrected chi connectivity index (χ3v) is 4.13. The van der Waals surface area contributed by atoms with E-state index in [2.05, 4.69) is 10.3 Å². The first-order chi connectivity index (χ1) is 9.20. The number of carbonyl (C=O) groups excluding carboxylic acids is 1. The summed E-state index contributed by atoms with van der Waals surface area (Å²) in [6.07, 6.45) is 2.67. The second kappa shape index (κ2) is 6.69. The van der Waals surface area contributed by atoms with Gasteiger partial charge in [0.2, 0.25) is 11.8 Å². The van der Waals surface area contributed by atoms with Gasteiger partial charge in [0.1, 0.15) is 5.25 Å². The van der Waals surface area contributed by atoms with Crippen molar-refractivity contribution in [1.82, 2.24) is 10.3 Å². The third kappa shape index (κ3) is 5.16. The highest BCUT2D eigenvalue weighted by Crippen LogP contribution is 2.09. The lowest BCUT2D eigenvalue weighted by atomic mass is 10.3. The van der Waals surface area contributed by atoms with Crippen molar-refractivity contribution in [3.8, 4) is 5.88 Å². The number of nitrogens with one attached hydrogen (secondary N) is 1. The molecule has 1 N–H and O–H groups in total. The molecule has 0 bridgehead atoms. The molecule has 0 radical (unpaired) electrons. The van der Waals surface area contributed by atoms with Crippen LogP contribution in [0.5, 0.6) is 5.88 Å². The first-order valence-electron chi connectivity index (χ1n) is 6.28. The molecule has 6 nitrogen and oxygen atoms in total. The Morgan fingerprint density at radius 2 is 2.00 bits per heavy atom. The summed E-state index contributed by atoms with van der Waals surface area (Å²) in [5.74, 6) is -0.00501. The molecule has 1 aromatic rings. The van der Waals surface area contributed by atoms with E-state index in [1.165, 1.54) is 6.92 Å². The lowest BCUT2D eigenvalue weighted by Crippen LogP contribution is -2.37. The Morgan fingerprint density at radius 1 is 1.35 bits per heavy atom. The van der Waals surface area contributed by atoms with Crippen LogP contribution in [0.1, 0.15) is 26.3 Å². The Balaban J connectivity index is 2.56. The van der Waals surface area contributed by atoms with E-state index in [4.69, 9.17) is 4.74 Å². The monoisotopic (exact) mass is 300 g/mol. The van der Waals surface area contributed by atoms with E-state index in [1.54, 1.807) is 18.3 Å². The van der Waals surface area contributed by atoms with Crippen LogP contribution in [0.15, 0.2) is 18.3 Å². The summed E-state index contributed by atoms with van der Waals surface area (Å²) in [6, 6.07) is 3.48. The summed E-state index contributed by atoms with van der Waals surface area (Å²) >= 11 is 0. The fraction of sp³-hybridized carbons (Fsp3) is 0.538. The highest BCUT2D eigenvalue weighted by molar-refractivity contribution is 7.92. The summed E-state index contributed by atoms with van der Waals surface area (Å²) in [7, 11) is -3.37. The van der Waals surface area contributed by atoms with Gasteiger partial charge in [-0.3, -0.25) is 4.79 Å². The molecule has 0 aromatic carbocycles. The predicted molar refractivity (Wildman–Crippen MR) is 76.2 cm³/mol. The van der Waals surface area contributed by atoms with Crippen molar-refractivity contribution >= 4 is 15.7 Å². The number of hydrogen-bond donors (Lipinski definition) is 1. The van der Waals surface area contributed by atoms with Crippen LogP contribution >= 0.6 is 0 Å². The van der Waals surface area contributed by atoms with Crippen LogP contribution in [0.25, 0.3) is 0 Å². The largest absolute Gasteiger partial charge is 0.475 e. The molecule has 112 valence electrons. The second-order valence-corrected chi connectivity index (χ2v) is 7.23. The average Bonchev–Trinajstić information content (AvgIpc) is 2.35. The van der Waals surface area contributed by atoms with Gasteiger partial charge in [0.15, 0.2) is 9.84 Å². The van der Waals surface area contributed by atoms with Crippen molar-refractivity contribution in [3.63, 3.8) is 0 Å². The summed E-state index contributed by atoms with van der Waals surface area (Å²) in [5.41, 5.74) is 0.773. The molecule has 0 aliphatic carbocycles. The minimum absolute atomic E-state index is 0.0451. The number of pyridine rings is 1. The van der Waals surface area contributed by atoms with Crippen LogP contribution in [-0.4, -0.2) is 36.9 Å². The van der Waals surface area contributed by atoms with Crippen LogP contribution < -0.4 is 10.1 Å². The average molecular weight is 300 g/mol. The fourth-order valence-corrected chi connectivity index (χ4v) is 1.83. The van der Waals surface area contributed by atoms with Crippen LogP contribution in [0, 0.1) is 0 Å². The van der Waals surface area contributed by atoms with Gasteiger partial charge in [0.05, 0.1) is 6.10 Å².